The number of carboxylic acids is 1. The van der Waals surface area contributed by atoms with E-state index in [1.165, 1.54) is 18.2 Å². The second kappa shape index (κ2) is 6.36. The highest BCUT2D eigenvalue weighted by molar-refractivity contribution is 5.78. The molecule has 1 aromatic carbocycles. The van der Waals surface area contributed by atoms with Gasteiger partial charge in [-0.3, -0.25) is 9.59 Å². The molecule has 0 heterocycles. The number of nitrogens with one attached hydrogen (secondary N) is 1. The van der Waals surface area contributed by atoms with Crippen LogP contribution in [0.15, 0.2) is 24.3 Å². The lowest BCUT2D eigenvalue weighted by Crippen LogP contribution is -2.36. The molecule has 1 aliphatic rings. The Bertz CT molecular complexity index is 506. The number of amides is 1. The maximum Gasteiger partial charge on any atom is 0.306 e. The topological polar surface area (TPSA) is 75.6 Å². The summed E-state index contributed by atoms with van der Waals surface area (Å²) < 4.78 is 18.1. The Kier molecular flexibility index (Phi) is 4.55. The lowest BCUT2D eigenvalue weighted by molar-refractivity contribution is -0.141. The Hall–Kier alpha value is -2.11. The predicted octanol–water partition coefficient (Wildman–Crippen LogP) is 1.57. The highest BCUT2D eigenvalue weighted by Crippen LogP contribution is 2.25. The van der Waals surface area contributed by atoms with Crippen molar-refractivity contribution in [2.75, 3.05) is 6.61 Å². The number of carboxylic acid groups (broad SMARTS) is 1. The van der Waals surface area contributed by atoms with E-state index in [9.17, 15) is 14.0 Å². The molecule has 1 saturated carbocycles. The molecule has 0 saturated heterocycles. The van der Waals surface area contributed by atoms with Crippen LogP contribution in [0.25, 0.3) is 0 Å². The maximum atomic E-state index is 12.9. The van der Waals surface area contributed by atoms with E-state index < -0.39 is 11.8 Å². The second-order valence-electron chi connectivity index (χ2n) is 4.86. The molecule has 108 valence electrons. The molecule has 20 heavy (non-hydrogen) atoms. The van der Waals surface area contributed by atoms with E-state index >= 15 is 0 Å². The van der Waals surface area contributed by atoms with Crippen LogP contribution in [-0.2, 0) is 9.59 Å². The number of carbonyl (C=O) groups is 2. The molecule has 1 aromatic rings. The number of ether oxygens (including phenoxy) is 1. The van der Waals surface area contributed by atoms with Crippen LogP contribution in [0.2, 0.25) is 0 Å². The third-order valence-electron chi connectivity index (χ3n) is 3.31. The van der Waals surface area contributed by atoms with Crippen molar-refractivity contribution in [3.8, 4) is 5.75 Å². The van der Waals surface area contributed by atoms with Crippen molar-refractivity contribution in [3.63, 3.8) is 0 Å². The van der Waals surface area contributed by atoms with Crippen molar-refractivity contribution in [1.29, 1.82) is 0 Å². The van der Waals surface area contributed by atoms with Crippen molar-refractivity contribution >= 4 is 11.9 Å². The summed E-state index contributed by atoms with van der Waals surface area (Å²) in [5.41, 5.74) is 0. The molecule has 0 aromatic heterocycles. The van der Waals surface area contributed by atoms with Crippen LogP contribution >= 0.6 is 0 Å². The molecule has 2 atom stereocenters. The smallest absolute Gasteiger partial charge is 0.306 e. The van der Waals surface area contributed by atoms with Crippen molar-refractivity contribution in [1.82, 2.24) is 5.32 Å². The Morgan fingerprint density at radius 1 is 1.40 bits per heavy atom. The second-order valence-corrected chi connectivity index (χ2v) is 4.86. The minimum absolute atomic E-state index is 0.125. The van der Waals surface area contributed by atoms with Gasteiger partial charge in [0, 0.05) is 12.1 Å². The number of hydrogen-bond acceptors (Lipinski definition) is 3. The molecule has 0 bridgehead atoms. The lowest BCUT2D eigenvalue weighted by Gasteiger charge is -2.13. The molecule has 2 rings (SSSR count). The van der Waals surface area contributed by atoms with E-state index in [0.717, 1.165) is 0 Å². The fourth-order valence-electron chi connectivity index (χ4n) is 2.31. The summed E-state index contributed by atoms with van der Waals surface area (Å²) >= 11 is 0. The first-order valence-electron chi connectivity index (χ1n) is 6.45. The minimum Gasteiger partial charge on any atom is -0.484 e. The molecule has 1 amide bonds. The highest BCUT2D eigenvalue weighted by Gasteiger charge is 2.30. The third kappa shape index (κ3) is 3.94. The molecular formula is C14H16FNO4. The summed E-state index contributed by atoms with van der Waals surface area (Å²) in [5.74, 6) is -1.68. The zero-order valence-corrected chi connectivity index (χ0v) is 10.8. The average Bonchev–Trinajstić information content (AvgIpc) is 2.85. The van der Waals surface area contributed by atoms with Gasteiger partial charge in [-0.1, -0.05) is 6.07 Å². The van der Waals surface area contributed by atoms with E-state index in [1.807, 2.05) is 0 Å². The molecule has 6 heteroatoms. The standard InChI is InChI=1S/C14H16FNO4/c15-10-2-1-3-12(7-10)20-8-13(17)16-11-5-4-9(6-11)14(18)19/h1-3,7,9,11H,4-6,8H2,(H,16,17)(H,18,19). The van der Waals surface area contributed by atoms with Crippen molar-refractivity contribution in [3.05, 3.63) is 30.1 Å². The van der Waals surface area contributed by atoms with Crippen LogP contribution in [0.4, 0.5) is 4.39 Å². The monoisotopic (exact) mass is 281 g/mol. The Labute approximate surface area is 115 Å². The molecule has 0 spiro atoms. The van der Waals surface area contributed by atoms with E-state index in [2.05, 4.69) is 5.32 Å². The first-order valence-corrected chi connectivity index (χ1v) is 6.45. The number of carbonyl (C=O) groups excluding carboxylic acids is 1. The van der Waals surface area contributed by atoms with Gasteiger partial charge in [-0.25, -0.2) is 4.39 Å². The average molecular weight is 281 g/mol. The summed E-state index contributed by atoms with van der Waals surface area (Å²) in [7, 11) is 0. The zero-order valence-electron chi connectivity index (χ0n) is 10.8. The third-order valence-corrected chi connectivity index (χ3v) is 3.31. The molecule has 1 fully saturated rings. The summed E-state index contributed by atoms with van der Waals surface area (Å²) in [5, 5.41) is 11.6. The molecule has 2 N–H and O–H groups in total. The molecule has 2 unspecified atom stereocenters. The van der Waals surface area contributed by atoms with E-state index in [4.69, 9.17) is 9.84 Å². The van der Waals surface area contributed by atoms with Crippen LogP contribution in [0.3, 0.4) is 0 Å². The largest absolute Gasteiger partial charge is 0.484 e. The minimum atomic E-state index is -0.822. The van der Waals surface area contributed by atoms with Crippen LogP contribution in [0.5, 0.6) is 5.75 Å². The van der Waals surface area contributed by atoms with Gasteiger partial charge in [0.05, 0.1) is 5.92 Å². The van der Waals surface area contributed by atoms with Gasteiger partial charge >= 0.3 is 5.97 Å². The summed E-state index contributed by atoms with van der Waals surface area (Å²) in [6, 6.07) is 5.42. The summed E-state index contributed by atoms with van der Waals surface area (Å²) in [6.45, 7) is -0.211. The normalized spacial score (nSPS) is 21.4. The Balaban J connectivity index is 1.75. The summed E-state index contributed by atoms with van der Waals surface area (Å²) in [6.07, 6.45) is 1.68. The van der Waals surface area contributed by atoms with Gasteiger partial charge in [-0.15, -0.1) is 0 Å². The lowest BCUT2D eigenvalue weighted by atomic mass is 10.1. The van der Waals surface area contributed by atoms with E-state index in [-0.39, 0.29) is 30.2 Å². The van der Waals surface area contributed by atoms with Crippen LogP contribution in [0, 0.1) is 11.7 Å². The SMILES string of the molecule is O=C(COc1cccc(F)c1)NC1CCC(C(=O)O)C1. The van der Waals surface area contributed by atoms with Gasteiger partial charge in [0.15, 0.2) is 6.61 Å². The number of hydrogen-bond donors (Lipinski definition) is 2. The Morgan fingerprint density at radius 3 is 2.85 bits per heavy atom. The number of aliphatic carboxylic acids is 1. The van der Waals surface area contributed by atoms with Crippen LogP contribution < -0.4 is 10.1 Å². The van der Waals surface area contributed by atoms with Gasteiger partial charge < -0.3 is 15.2 Å². The fourth-order valence-corrected chi connectivity index (χ4v) is 2.31. The van der Waals surface area contributed by atoms with Gasteiger partial charge in [-0.05, 0) is 31.4 Å². The van der Waals surface area contributed by atoms with Gasteiger partial charge in [0.25, 0.3) is 5.91 Å². The predicted molar refractivity (Wildman–Crippen MR) is 68.8 cm³/mol. The van der Waals surface area contributed by atoms with Crippen LogP contribution in [-0.4, -0.2) is 29.6 Å². The molecular weight excluding hydrogens is 265 g/mol. The van der Waals surface area contributed by atoms with Crippen molar-refractivity contribution < 1.29 is 23.8 Å². The number of benzene rings is 1. The zero-order chi connectivity index (χ0) is 14.5. The maximum absolute atomic E-state index is 12.9. The molecule has 5 nitrogen and oxygen atoms in total. The fraction of sp³-hybridized carbons (Fsp3) is 0.429. The Morgan fingerprint density at radius 2 is 2.20 bits per heavy atom. The highest BCUT2D eigenvalue weighted by atomic mass is 19.1. The molecule has 0 aliphatic heterocycles. The molecule has 1 aliphatic carbocycles. The summed E-state index contributed by atoms with van der Waals surface area (Å²) in [4.78, 5) is 22.5. The van der Waals surface area contributed by atoms with Gasteiger partial charge in [0.1, 0.15) is 11.6 Å². The number of halogens is 1. The van der Waals surface area contributed by atoms with E-state index in [1.54, 1.807) is 6.07 Å². The molecule has 0 radical (unpaired) electrons. The number of rotatable bonds is 5. The van der Waals surface area contributed by atoms with E-state index in [0.29, 0.717) is 19.3 Å². The van der Waals surface area contributed by atoms with Crippen molar-refractivity contribution in [2.45, 2.75) is 25.3 Å². The van der Waals surface area contributed by atoms with Gasteiger partial charge in [0.2, 0.25) is 0 Å². The quantitative estimate of drug-likeness (QED) is 0.859. The van der Waals surface area contributed by atoms with Crippen LogP contribution in [0.1, 0.15) is 19.3 Å². The first-order chi connectivity index (χ1) is 9.54. The first kappa shape index (κ1) is 14.3. The van der Waals surface area contributed by atoms with Gasteiger partial charge in [-0.2, -0.15) is 0 Å². The van der Waals surface area contributed by atoms with Crippen molar-refractivity contribution in [2.24, 2.45) is 5.92 Å².